The number of nitrogens with zero attached hydrogens (tertiary/aromatic N) is 1. The molecule has 1 aromatic heterocycles. The Morgan fingerprint density at radius 1 is 1.35 bits per heavy atom. The van der Waals surface area contributed by atoms with E-state index in [4.69, 9.17) is 4.55 Å². The first-order valence-electron chi connectivity index (χ1n) is 7.23. The lowest BCUT2D eigenvalue weighted by molar-refractivity contribution is 0.308. The lowest BCUT2D eigenvalue weighted by atomic mass is 10.0. The van der Waals surface area contributed by atoms with Crippen LogP contribution in [0.15, 0.2) is 24.4 Å². The van der Waals surface area contributed by atoms with Crippen LogP contribution in [-0.2, 0) is 16.5 Å². The first-order valence-corrected chi connectivity index (χ1v) is 9.08. The quantitative estimate of drug-likeness (QED) is 0.543. The highest BCUT2D eigenvalue weighted by Crippen LogP contribution is 2.37. The number of fused-ring (bicyclic) bond motifs is 5. The van der Waals surface area contributed by atoms with Crippen LogP contribution in [0.2, 0.25) is 0 Å². The molecule has 8 heteroatoms. The van der Waals surface area contributed by atoms with Gasteiger partial charge in [0.25, 0.3) is 10.1 Å². The molecule has 7 nitrogen and oxygen atoms in total. The molecule has 0 radical (unpaired) electrons. The summed E-state index contributed by atoms with van der Waals surface area (Å²) in [5, 5.41) is 14.1. The summed E-state index contributed by atoms with van der Waals surface area (Å²) in [4.78, 5) is 5.85. The largest absolute Gasteiger partial charge is 0.508 e. The standard InChI is InChI=1S/C14H15N3O.CH4O3S/c1-8-15-7-13-14-10(4-5-17(8)13)11-6-9(18)2-3-12(11)16-14;1-5(2,3)4/h2-3,6-8,15-16,18H,4-5H2,1H3;1H3,(H,2,3,4). The zero-order valence-corrected chi connectivity index (χ0v) is 13.7. The van der Waals surface area contributed by atoms with Gasteiger partial charge in [-0.1, -0.05) is 0 Å². The summed E-state index contributed by atoms with van der Waals surface area (Å²) in [6.45, 7) is 3.19. The van der Waals surface area contributed by atoms with Crippen molar-refractivity contribution in [2.75, 3.05) is 12.8 Å². The molecule has 0 bridgehead atoms. The fourth-order valence-corrected chi connectivity index (χ4v) is 3.06. The van der Waals surface area contributed by atoms with E-state index in [-0.39, 0.29) is 0 Å². The summed E-state index contributed by atoms with van der Waals surface area (Å²) in [5.41, 5.74) is 4.84. The molecule has 124 valence electrons. The fourth-order valence-electron chi connectivity index (χ4n) is 3.06. The highest BCUT2D eigenvalue weighted by atomic mass is 32.2. The molecule has 0 spiro atoms. The van der Waals surface area contributed by atoms with Crippen LogP contribution in [0.5, 0.6) is 5.75 Å². The second-order valence-electron chi connectivity index (χ2n) is 5.76. The van der Waals surface area contributed by atoms with Crippen LogP contribution in [-0.4, -0.2) is 46.9 Å². The first-order chi connectivity index (χ1) is 10.7. The maximum Gasteiger partial charge on any atom is 0.261 e. The number of hydrogen-bond acceptors (Lipinski definition) is 5. The van der Waals surface area contributed by atoms with Gasteiger partial charge in [-0.3, -0.25) is 4.55 Å². The zero-order chi connectivity index (χ0) is 16.8. The SMILES string of the molecule is CC1NC=C2c3[nH]c4ccc(O)cc4c3CCN21.CS(=O)(=O)O. The Bertz CT molecular complexity index is 878. The molecule has 3 heterocycles. The molecule has 1 atom stereocenters. The third-order valence-corrected chi connectivity index (χ3v) is 3.99. The number of benzene rings is 1. The van der Waals surface area contributed by atoms with E-state index in [0.29, 0.717) is 18.2 Å². The molecule has 2 aliphatic rings. The maximum absolute atomic E-state index is 9.63. The predicted molar refractivity (Wildman–Crippen MR) is 88.4 cm³/mol. The molecule has 1 aromatic carbocycles. The number of nitrogens with one attached hydrogen (secondary N) is 2. The Labute approximate surface area is 134 Å². The monoisotopic (exact) mass is 337 g/mol. The first kappa shape index (κ1) is 15.7. The Morgan fingerprint density at radius 3 is 2.74 bits per heavy atom. The van der Waals surface area contributed by atoms with E-state index < -0.39 is 10.1 Å². The number of phenols is 1. The van der Waals surface area contributed by atoms with Crippen LogP contribution >= 0.6 is 0 Å². The van der Waals surface area contributed by atoms with Crippen LogP contribution in [0, 0.1) is 0 Å². The van der Waals surface area contributed by atoms with E-state index in [9.17, 15) is 13.5 Å². The van der Waals surface area contributed by atoms with Gasteiger partial charge in [0.1, 0.15) is 5.75 Å². The van der Waals surface area contributed by atoms with Crippen molar-refractivity contribution in [3.05, 3.63) is 35.7 Å². The molecule has 2 aromatic rings. The second-order valence-corrected chi connectivity index (χ2v) is 7.22. The van der Waals surface area contributed by atoms with Gasteiger partial charge in [-0.25, -0.2) is 0 Å². The van der Waals surface area contributed by atoms with Crippen molar-refractivity contribution in [1.82, 2.24) is 15.2 Å². The maximum atomic E-state index is 9.63. The van der Waals surface area contributed by atoms with Gasteiger partial charge in [-0.15, -0.1) is 0 Å². The summed E-state index contributed by atoms with van der Waals surface area (Å²) >= 11 is 0. The number of hydrogen-bond donors (Lipinski definition) is 4. The van der Waals surface area contributed by atoms with Gasteiger partial charge < -0.3 is 20.3 Å². The van der Waals surface area contributed by atoms with Crippen molar-refractivity contribution in [2.24, 2.45) is 0 Å². The van der Waals surface area contributed by atoms with E-state index in [1.807, 2.05) is 12.1 Å². The molecule has 2 aliphatic heterocycles. The number of rotatable bonds is 0. The number of aromatic nitrogens is 1. The third kappa shape index (κ3) is 3.13. The lowest BCUT2D eigenvalue weighted by Gasteiger charge is -2.30. The van der Waals surface area contributed by atoms with Crippen molar-refractivity contribution < 1.29 is 18.1 Å². The van der Waals surface area contributed by atoms with Crippen molar-refractivity contribution in [3.63, 3.8) is 0 Å². The molecule has 23 heavy (non-hydrogen) atoms. The molecular formula is C15H19N3O4S. The molecule has 0 fully saturated rings. The summed E-state index contributed by atoms with van der Waals surface area (Å²) in [6.07, 6.45) is 4.18. The molecule has 0 aliphatic carbocycles. The number of phenolic OH excluding ortho intramolecular Hbond substituents is 1. The molecule has 0 amide bonds. The Hall–Kier alpha value is -2.19. The Kier molecular flexibility index (Phi) is 3.73. The normalized spacial score (nSPS) is 19.3. The van der Waals surface area contributed by atoms with Gasteiger partial charge >= 0.3 is 0 Å². The van der Waals surface area contributed by atoms with Crippen molar-refractivity contribution in [2.45, 2.75) is 19.5 Å². The van der Waals surface area contributed by atoms with Crippen molar-refractivity contribution >= 4 is 26.7 Å². The molecule has 0 saturated heterocycles. The van der Waals surface area contributed by atoms with E-state index in [1.54, 1.807) is 6.07 Å². The lowest BCUT2D eigenvalue weighted by Crippen LogP contribution is -2.37. The van der Waals surface area contributed by atoms with E-state index >= 15 is 0 Å². The van der Waals surface area contributed by atoms with Gasteiger partial charge in [0, 0.05) is 23.6 Å². The minimum absolute atomic E-state index is 0.332. The summed E-state index contributed by atoms with van der Waals surface area (Å²) in [5.74, 6) is 0.332. The van der Waals surface area contributed by atoms with Crippen molar-refractivity contribution in [3.8, 4) is 5.75 Å². The van der Waals surface area contributed by atoms with Crippen LogP contribution in [0.3, 0.4) is 0 Å². The van der Waals surface area contributed by atoms with Crippen LogP contribution in [0.1, 0.15) is 18.2 Å². The smallest absolute Gasteiger partial charge is 0.261 e. The summed E-state index contributed by atoms with van der Waals surface area (Å²) in [7, 11) is -3.67. The summed E-state index contributed by atoms with van der Waals surface area (Å²) < 4.78 is 25.9. The third-order valence-electron chi connectivity index (χ3n) is 3.99. The number of H-pyrrole nitrogens is 1. The molecule has 4 rings (SSSR count). The van der Waals surface area contributed by atoms with Gasteiger partial charge in [0.15, 0.2) is 0 Å². The number of aromatic hydroxyl groups is 1. The highest BCUT2D eigenvalue weighted by molar-refractivity contribution is 7.85. The molecule has 0 saturated carbocycles. The van der Waals surface area contributed by atoms with Crippen LogP contribution in [0.4, 0.5) is 0 Å². The summed E-state index contributed by atoms with van der Waals surface area (Å²) in [6, 6.07) is 5.53. The van der Waals surface area contributed by atoms with Crippen LogP contribution in [0.25, 0.3) is 16.6 Å². The van der Waals surface area contributed by atoms with Gasteiger partial charge in [-0.2, -0.15) is 8.42 Å². The Morgan fingerprint density at radius 2 is 2.04 bits per heavy atom. The molecule has 4 N–H and O–H groups in total. The van der Waals surface area contributed by atoms with E-state index in [0.717, 1.165) is 23.9 Å². The molecular weight excluding hydrogens is 318 g/mol. The Balaban J connectivity index is 0.000000276. The fraction of sp³-hybridized carbons (Fsp3) is 0.333. The minimum Gasteiger partial charge on any atom is -0.508 e. The topological polar surface area (TPSA) is 106 Å². The van der Waals surface area contributed by atoms with Gasteiger partial charge in [-0.05, 0) is 37.1 Å². The van der Waals surface area contributed by atoms with Gasteiger partial charge in [0.05, 0.1) is 23.8 Å². The average molecular weight is 337 g/mol. The average Bonchev–Trinajstić information content (AvgIpc) is 2.98. The van der Waals surface area contributed by atoms with E-state index in [1.165, 1.54) is 17.0 Å². The predicted octanol–water partition coefficient (Wildman–Crippen LogP) is 1.48. The minimum atomic E-state index is -3.67. The van der Waals surface area contributed by atoms with Gasteiger partial charge in [0.2, 0.25) is 0 Å². The zero-order valence-electron chi connectivity index (χ0n) is 12.9. The highest BCUT2D eigenvalue weighted by Gasteiger charge is 2.30. The van der Waals surface area contributed by atoms with Crippen molar-refractivity contribution in [1.29, 1.82) is 0 Å². The van der Waals surface area contributed by atoms with E-state index in [2.05, 4.69) is 28.3 Å². The van der Waals surface area contributed by atoms with Crippen LogP contribution < -0.4 is 5.32 Å². The second kappa shape index (κ2) is 5.47. The number of aromatic amines is 1. The molecule has 1 unspecified atom stereocenters.